The van der Waals surface area contributed by atoms with E-state index in [4.69, 9.17) is 0 Å². The molecule has 19 heavy (non-hydrogen) atoms. The van der Waals surface area contributed by atoms with Crippen molar-refractivity contribution in [3.8, 4) is 0 Å². The molecule has 0 fully saturated rings. The fourth-order valence-electron chi connectivity index (χ4n) is 2.20. The molecular formula is C14H9BNa2O2. The van der Waals surface area contributed by atoms with E-state index in [1.807, 2.05) is 42.5 Å². The van der Waals surface area contributed by atoms with Crippen LogP contribution in [-0.4, -0.2) is 7.12 Å². The van der Waals surface area contributed by atoms with Crippen LogP contribution in [0.3, 0.4) is 0 Å². The Bertz CT molecular complexity index is 701. The molecule has 0 aliphatic heterocycles. The maximum atomic E-state index is 11.1. The van der Waals surface area contributed by atoms with Crippen LogP contribution in [0.4, 0.5) is 0 Å². The third-order valence-electron chi connectivity index (χ3n) is 3.03. The van der Waals surface area contributed by atoms with E-state index in [0.717, 1.165) is 21.5 Å². The maximum Gasteiger partial charge on any atom is 1.00 e. The standard InChI is InChI=1S/C14H9BO2.2Na/c16-15(17)14-7-3-6-12-8-10-4-1-2-5-11(10)9-13(12)14;;/h1-9H;;/q-2;2*+1. The molecule has 0 radical (unpaired) electrons. The van der Waals surface area contributed by atoms with Crippen molar-refractivity contribution in [3.63, 3.8) is 0 Å². The number of fused-ring (bicyclic) bond motifs is 2. The summed E-state index contributed by atoms with van der Waals surface area (Å²) in [4.78, 5) is 0. The van der Waals surface area contributed by atoms with Crippen LogP contribution in [-0.2, 0) is 0 Å². The zero-order valence-electron chi connectivity index (χ0n) is 11.1. The molecule has 82 valence electrons. The average molecular weight is 266 g/mol. The summed E-state index contributed by atoms with van der Waals surface area (Å²) in [7, 11) is -1.93. The van der Waals surface area contributed by atoms with Gasteiger partial charge < -0.3 is 10.0 Å². The van der Waals surface area contributed by atoms with E-state index < -0.39 is 7.12 Å². The molecule has 5 heteroatoms. The molecule has 0 atom stereocenters. The molecule has 3 aromatic rings. The second-order valence-electron chi connectivity index (χ2n) is 4.10. The van der Waals surface area contributed by atoms with E-state index in [9.17, 15) is 10.0 Å². The third-order valence-corrected chi connectivity index (χ3v) is 3.03. The van der Waals surface area contributed by atoms with Crippen molar-refractivity contribution in [1.82, 2.24) is 0 Å². The van der Waals surface area contributed by atoms with E-state index in [-0.39, 0.29) is 59.1 Å². The molecule has 0 saturated carbocycles. The van der Waals surface area contributed by atoms with Gasteiger partial charge in [-0.2, -0.15) is 0 Å². The summed E-state index contributed by atoms with van der Waals surface area (Å²) < 4.78 is 0. The first-order valence-corrected chi connectivity index (χ1v) is 5.49. The quantitative estimate of drug-likeness (QED) is 0.326. The second kappa shape index (κ2) is 7.25. The van der Waals surface area contributed by atoms with Gasteiger partial charge in [-0.25, -0.2) is 0 Å². The summed E-state index contributed by atoms with van der Waals surface area (Å²) in [5.74, 6) is 0. The summed E-state index contributed by atoms with van der Waals surface area (Å²) >= 11 is 0. The summed E-state index contributed by atoms with van der Waals surface area (Å²) in [5.41, 5.74) is 0.327. The molecule has 0 spiro atoms. The van der Waals surface area contributed by atoms with Crippen LogP contribution in [0, 0.1) is 0 Å². The molecule has 0 bridgehead atoms. The minimum absolute atomic E-state index is 0. The number of hydrogen-bond donors (Lipinski definition) is 0. The average Bonchev–Trinajstić information content (AvgIpc) is 2.35. The minimum Gasteiger partial charge on any atom is -0.889 e. The van der Waals surface area contributed by atoms with Crippen molar-refractivity contribution < 1.29 is 69.2 Å². The Balaban J connectivity index is 0.000000902. The van der Waals surface area contributed by atoms with Gasteiger partial charge in [-0.15, -0.1) is 5.46 Å². The fourth-order valence-corrected chi connectivity index (χ4v) is 2.20. The van der Waals surface area contributed by atoms with Gasteiger partial charge in [0.15, 0.2) is 0 Å². The molecule has 2 nitrogen and oxygen atoms in total. The summed E-state index contributed by atoms with van der Waals surface area (Å²) in [5, 5.41) is 26.1. The first-order valence-electron chi connectivity index (χ1n) is 5.49. The van der Waals surface area contributed by atoms with Crippen LogP contribution in [0.5, 0.6) is 0 Å². The Morgan fingerprint density at radius 1 is 0.684 bits per heavy atom. The van der Waals surface area contributed by atoms with Crippen LogP contribution in [0.15, 0.2) is 54.6 Å². The summed E-state index contributed by atoms with van der Waals surface area (Å²) in [6.45, 7) is 0. The predicted molar refractivity (Wildman–Crippen MR) is 66.8 cm³/mol. The smallest absolute Gasteiger partial charge is 0.889 e. The first-order chi connectivity index (χ1) is 8.25. The van der Waals surface area contributed by atoms with Crippen molar-refractivity contribution in [2.24, 2.45) is 0 Å². The molecule has 3 rings (SSSR count). The van der Waals surface area contributed by atoms with E-state index in [1.54, 1.807) is 12.1 Å². The molecule has 0 aliphatic rings. The first kappa shape index (κ1) is 17.2. The Kier molecular flexibility index (Phi) is 6.57. The Morgan fingerprint density at radius 2 is 1.26 bits per heavy atom. The molecular weight excluding hydrogens is 257 g/mol. The second-order valence-corrected chi connectivity index (χ2v) is 4.10. The van der Waals surface area contributed by atoms with E-state index in [1.165, 1.54) is 0 Å². The summed E-state index contributed by atoms with van der Waals surface area (Å²) in [6, 6.07) is 17.2. The molecule has 0 aromatic heterocycles. The van der Waals surface area contributed by atoms with Crippen LogP contribution >= 0.6 is 0 Å². The van der Waals surface area contributed by atoms with Crippen LogP contribution in [0.1, 0.15) is 0 Å². The van der Waals surface area contributed by atoms with Crippen molar-refractivity contribution in [3.05, 3.63) is 54.6 Å². The molecule has 0 saturated heterocycles. The van der Waals surface area contributed by atoms with Gasteiger partial charge in [-0.05, 0) is 33.7 Å². The van der Waals surface area contributed by atoms with Gasteiger partial charge >= 0.3 is 59.1 Å². The largest absolute Gasteiger partial charge is 1.00 e. The van der Waals surface area contributed by atoms with Gasteiger partial charge in [0.2, 0.25) is 0 Å². The monoisotopic (exact) mass is 266 g/mol. The van der Waals surface area contributed by atoms with E-state index in [2.05, 4.69) is 0 Å². The Labute approximate surface area is 156 Å². The van der Waals surface area contributed by atoms with Crippen LogP contribution in [0.2, 0.25) is 0 Å². The summed E-state index contributed by atoms with van der Waals surface area (Å²) in [6.07, 6.45) is 0. The van der Waals surface area contributed by atoms with E-state index >= 15 is 0 Å². The number of benzene rings is 3. The van der Waals surface area contributed by atoms with Crippen LogP contribution < -0.4 is 74.6 Å². The minimum atomic E-state index is -1.93. The van der Waals surface area contributed by atoms with Gasteiger partial charge in [0.1, 0.15) is 0 Å². The zero-order valence-corrected chi connectivity index (χ0v) is 15.1. The predicted octanol–water partition coefficient (Wildman–Crippen LogP) is -5.58. The van der Waals surface area contributed by atoms with Gasteiger partial charge in [0.05, 0.1) is 0 Å². The van der Waals surface area contributed by atoms with Crippen LogP contribution in [0.25, 0.3) is 21.5 Å². The molecule has 0 aliphatic carbocycles. The topological polar surface area (TPSA) is 46.1 Å². The van der Waals surface area contributed by atoms with E-state index in [0.29, 0.717) is 5.46 Å². The SMILES string of the molecule is [Na+].[Na+].[O-]B([O-])c1cccc2cc3ccccc3cc12. The molecule has 3 aromatic carbocycles. The van der Waals surface area contributed by atoms with Crippen molar-refractivity contribution in [1.29, 1.82) is 0 Å². The maximum absolute atomic E-state index is 11.1. The number of hydrogen-bond acceptors (Lipinski definition) is 2. The van der Waals surface area contributed by atoms with Gasteiger partial charge in [0.25, 0.3) is 0 Å². The fraction of sp³-hybridized carbons (Fsp3) is 0. The zero-order chi connectivity index (χ0) is 11.8. The third kappa shape index (κ3) is 3.44. The van der Waals surface area contributed by atoms with Gasteiger partial charge in [-0.1, -0.05) is 49.6 Å². The Hall–Kier alpha value is 0.165. The van der Waals surface area contributed by atoms with Crippen molar-refractivity contribution in [2.75, 3.05) is 0 Å². The van der Waals surface area contributed by atoms with Crippen molar-refractivity contribution in [2.45, 2.75) is 0 Å². The van der Waals surface area contributed by atoms with Crippen molar-refractivity contribution >= 4 is 34.1 Å². The molecule has 0 unspecified atom stereocenters. The number of rotatable bonds is 1. The molecule has 0 heterocycles. The molecule has 0 amide bonds. The van der Waals surface area contributed by atoms with Gasteiger partial charge in [0, 0.05) is 0 Å². The van der Waals surface area contributed by atoms with Gasteiger partial charge in [-0.3, -0.25) is 0 Å². The molecule has 0 N–H and O–H groups in total. The normalized spacial score (nSPS) is 9.79. The Morgan fingerprint density at radius 3 is 1.89 bits per heavy atom.